The molecule has 0 amide bonds. The molecule has 7 heteroatoms. The van der Waals surface area contributed by atoms with Crippen molar-refractivity contribution < 1.29 is 27.9 Å². The molecule has 0 atom stereocenters. The van der Waals surface area contributed by atoms with Gasteiger partial charge < -0.3 is 14.4 Å². The Hall–Kier alpha value is -2.44. The molecule has 0 saturated heterocycles. The van der Waals surface area contributed by atoms with Gasteiger partial charge in [-0.25, -0.2) is 13.6 Å². The first kappa shape index (κ1) is 12.0. The molecule has 2 aromatic rings. The van der Waals surface area contributed by atoms with Crippen molar-refractivity contribution >= 4 is 5.97 Å². The fourth-order valence-corrected chi connectivity index (χ4v) is 1.47. The van der Waals surface area contributed by atoms with Crippen molar-refractivity contribution in [2.75, 3.05) is 7.11 Å². The fourth-order valence-electron chi connectivity index (χ4n) is 1.47. The first-order valence-electron chi connectivity index (χ1n) is 4.77. The van der Waals surface area contributed by atoms with Crippen LogP contribution in [-0.4, -0.2) is 23.3 Å². The summed E-state index contributed by atoms with van der Waals surface area (Å²) in [7, 11) is 1.17. The summed E-state index contributed by atoms with van der Waals surface area (Å²) in [6, 6.07) is 2.78. The normalized spacial score (nSPS) is 10.4. The Morgan fingerprint density at radius 2 is 2.06 bits per heavy atom. The Balaban J connectivity index is 2.62. The van der Waals surface area contributed by atoms with Crippen molar-refractivity contribution in [3.05, 3.63) is 35.6 Å². The number of aromatic nitrogens is 1. The van der Waals surface area contributed by atoms with E-state index < -0.39 is 23.4 Å². The molecular weight excluding hydrogens is 248 g/mol. The second-order valence-electron chi connectivity index (χ2n) is 3.32. The van der Waals surface area contributed by atoms with Crippen LogP contribution in [0.15, 0.2) is 22.7 Å². The molecule has 0 radical (unpaired) electrons. The van der Waals surface area contributed by atoms with Crippen LogP contribution in [0.1, 0.15) is 10.6 Å². The largest absolute Gasteiger partial charge is 0.493 e. The van der Waals surface area contributed by atoms with Gasteiger partial charge in [0.2, 0.25) is 5.76 Å². The minimum absolute atomic E-state index is 0.152. The first-order chi connectivity index (χ1) is 8.54. The van der Waals surface area contributed by atoms with Crippen molar-refractivity contribution in [3.63, 3.8) is 0 Å². The van der Waals surface area contributed by atoms with E-state index in [0.29, 0.717) is 0 Å². The standard InChI is InChI=1S/C11H7F2NO4/c1-17-10-6(13)3-2-5(12)9(10)7-4-8(11(15)16)18-14-7/h2-4H,1H3,(H,15,16). The highest BCUT2D eigenvalue weighted by molar-refractivity contribution is 5.86. The van der Waals surface area contributed by atoms with Crippen LogP contribution in [0.2, 0.25) is 0 Å². The molecule has 0 fully saturated rings. The van der Waals surface area contributed by atoms with Gasteiger partial charge in [0.1, 0.15) is 11.5 Å². The number of nitrogens with zero attached hydrogens (tertiary/aromatic N) is 1. The van der Waals surface area contributed by atoms with Crippen molar-refractivity contribution in [2.45, 2.75) is 0 Å². The maximum absolute atomic E-state index is 13.6. The van der Waals surface area contributed by atoms with Crippen LogP contribution < -0.4 is 4.74 Å². The van der Waals surface area contributed by atoms with E-state index in [-0.39, 0.29) is 17.0 Å². The average molecular weight is 255 g/mol. The SMILES string of the molecule is COc1c(F)ccc(F)c1-c1cc(C(=O)O)on1. The third-order valence-electron chi connectivity index (χ3n) is 2.24. The smallest absolute Gasteiger partial charge is 0.374 e. The summed E-state index contributed by atoms with van der Waals surface area (Å²) in [5.41, 5.74) is -0.435. The van der Waals surface area contributed by atoms with E-state index in [0.717, 1.165) is 18.2 Å². The highest BCUT2D eigenvalue weighted by atomic mass is 19.1. The minimum Gasteiger partial charge on any atom is -0.493 e. The zero-order valence-electron chi connectivity index (χ0n) is 9.11. The summed E-state index contributed by atoms with van der Waals surface area (Å²) in [6.45, 7) is 0. The second-order valence-corrected chi connectivity index (χ2v) is 3.32. The zero-order chi connectivity index (χ0) is 13.3. The van der Waals surface area contributed by atoms with Gasteiger partial charge in [0.15, 0.2) is 11.6 Å². The maximum atomic E-state index is 13.6. The molecule has 18 heavy (non-hydrogen) atoms. The minimum atomic E-state index is -1.36. The number of hydrogen-bond donors (Lipinski definition) is 1. The van der Waals surface area contributed by atoms with Gasteiger partial charge in [-0.05, 0) is 12.1 Å². The molecule has 94 valence electrons. The fraction of sp³-hybridized carbons (Fsp3) is 0.0909. The van der Waals surface area contributed by atoms with Crippen LogP contribution in [-0.2, 0) is 0 Å². The molecule has 5 nitrogen and oxygen atoms in total. The number of halogens is 2. The van der Waals surface area contributed by atoms with E-state index in [4.69, 9.17) is 9.84 Å². The van der Waals surface area contributed by atoms with Crippen molar-refractivity contribution in [2.24, 2.45) is 0 Å². The van der Waals surface area contributed by atoms with Crippen LogP contribution in [0.4, 0.5) is 8.78 Å². The number of carboxylic acids is 1. The molecule has 1 aromatic heterocycles. The van der Waals surface area contributed by atoms with Gasteiger partial charge in [0, 0.05) is 6.07 Å². The van der Waals surface area contributed by atoms with E-state index in [2.05, 4.69) is 9.68 Å². The number of carbonyl (C=O) groups is 1. The van der Waals surface area contributed by atoms with E-state index in [9.17, 15) is 13.6 Å². The van der Waals surface area contributed by atoms with Crippen LogP contribution in [0.5, 0.6) is 5.75 Å². The molecule has 1 aromatic carbocycles. The predicted octanol–water partition coefficient (Wildman–Crippen LogP) is 2.33. The third-order valence-corrected chi connectivity index (χ3v) is 2.24. The van der Waals surface area contributed by atoms with Gasteiger partial charge in [0.25, 0.3) is 0 Å². The summed E-state index contributed by atoms with van der Waals surface area (Å²) < 4.78 is 36.3. The Kier molecular flexibility index (Phi) is 2.97. The Morgan fingerprint density at radius 3 is 2.61 bits per heavy atom. The monoisotopic (exact) mass is 255 g/mol. The molecule has 0 unspecified atom stereocenters. The van der Waals surface area contributed by atoms with Crippen LogP contribution in [0.3, 0.4) is 0 Å². The summed E-state index contributed by atoms with van der Waals surface area (Å²) in [4.78, 5) is 10.6. The quantitative estimate of drug-likeness (QED) is 0.911. The predicted molar refractivity (Wildman–Crippen MR) is 55.4 cm³/mol. The number of ether oxygens (including phenoxy) is 1. The van der Waals surface area contributed by atoms with Crippen LogP contribution in [0.25, 0.3) is 11.3 Å². The summed E-state index contributed by atoms with van der Waals surface area (Å²) in [6.07, 6.45) is 0. The zero-order valence-corrected chi connectivity index (χ0v) is 9.11. The number of hydrogen-bond acceptors (Lipinski definition) is 4. The van der Waals surface area contributed by atoms with Gasteiger partial charge in [-0.2, -0.15) is 0 Å². The van der Waals surface area contributed by atoms with Gasteiger partial charge in [-0.1, -0.05) is 5.16 Å². The van der Waals surface area contributed by atoms with Crippen molar-refractivity contribution in [3.8, 4) is 17.0 Å². The summed E-state index contributed by atoms with van der Waals surface area (Å²) >= 11 is 0. The topological polar surface area (TPSA) is 72.6 Å². The lowest BCUT2D eigenvalue weighted by atomic mass is 10.1. The Bertz CT molecular complexity index is 609. The number of carboxylic acid groups (broad SMARTS) is 1. The number of aromatic carboxylic acids is 1. The Labute approximate surface area is 99.6 Å². The lowest BCUT2D eigenvalue weighted by molar-refractivity contribution is 0.0652. The van der Waals surface area contributed by atoms with Gasteiger partial charge in [-0.3, -0.25) is 0 Å². The second kappa shape index (κ2) is 4.44. The summed E-state index contributed by atoms with van der Waals surface area (Å²) in [5, 5.41) is 12.0. The molecule has 0 saturated carbocycles. The van der Waals surface area contributed by atoms with Gasteiger partial charge in [0.05, 0.1) is 12.7 Å². The molecule has 1 heterocycles. The lowest BCUT2D eigenvalue weighted by Crippen LogP contribution is -1.95. The van der Waals surface area contributed by atoms with E-state index >= 15 is 0 Å². The Morgan fingerprint density at radius 1 is 1.39 bits per heavy atom. The van der Waals surface area contributed by atoms with E-state index in [1.165, 1.54) is 7.11 Å². The van der Waals surface area contributed by atoms with Crippen LogP contribution >= 0.6 is 0 Å². The molecule has 2 rings (SSSR count). The number of rotatable bonds is 3. The molecule has 1 N–H and O–H groups in total. The molecule has 0 aliphatic carbocycles. The summed E-state index contributed by atoms with van der Waals surface area (Å²) in [5.74, 6) is -3.77. The number of methoxy groups -OCH3 is 1. The van der Waals surface area contributed by atoms with Gasteiger partial charge >= 0.3 is 5.97 Å². The van der Waals surface area contributed by atoms with Crippen LogP contribution in [0, 0.1) is 11.6 Å². The molecular formula is C11H7F2NO4. The lowest BCUT2D eigenvalue weighted by Gasteiger charge is -2.07. The van der Waals surface area contributed by atoms with E-state index in [1.54, 1.807) is 0 Å². The third kappa shape index (κ3) is 1.90. The maximum Gasteiger partial charge on any atom is 0.374 e. The average Bonchev–Trinajstić information content (AvgIpc) is 2.81. The highest BCUT2D eigenvalue weighted by Gasteiger charge is 2.21. The van der Waals surface area contributed by atoms with Crippen molar-refractivity contribution in [1.82, 2.24) is 5.16 Å². The molecule has 0 bridgehead atoms. The molecule has 0 aliphatic heterocycles. The number of benzene rings is 1. The highest BCUT2D eigenvalue weighted by Crippen LogP contribution is 2.34. The van der Waals surface area contributed by atoms with E-state index in [1.807, 2.05) is 0 Å². The van der Waals surface area contributed by atoms with Crippen molar-refractivity contribution in [1.29, 1.82) is 0 Å². The van der Waals surface area contributed by atoms with Gasteiger partial charge in [-0.15, -0.1) is 0 Å². The molecule has 0 spiro atoms. The first-order valence-corrected chi connectivity index (χ1v) is 4.77. The molecule has 0 aliphatic rings.